The standard InChI is InChI=1S/C11H14N2O3S/c1-2-3-7-13-11(14)9-5-4-6-10(8-9)17(12,15)16/h2,4-6,8H,1,3,7H2,(H,13,14)(H2,12,15,16). The molecule has 1 amide bonds. The minimum atomic E-state index is -3.78. The number of carbonyl (C=O) groups excluding carboxylic acids is 1. The van der Waals surface area contributed by atoms with Gasteiger partial charge in [-0.1, -0.05) is 12.1 Å². The van der Waals surface area contributed by atoms with Crippen LogP contribution >= 0.6 is 0 Å². The molecule has 1 rings (SSSR count). The number of benzene rings is 1. The van der Waals surface area contributed by atoms with E-state index in [0.29, 0.717) is 13.0 Å². The number of sulfonamides is 1. The summed E-state index contributed by atoms with van der Waals surface area (Å²) in [6, 6.07) is 5.59. The van der Waals surface area contributed by atoms with Gasteiger partial charge < -0.3 is 5.32 Å². The van der Waals surface area contributed by atoms with Crippen molar-refractivity contribution in [3.8, 4) is 0 Å². The van der Waals surface area contributed by atoms with E-state index in [1.807, 2.05) is 0 Å². The topological polar surface area (TPSA) is 89.3 Å². The molecule has 1 aromatic carbocycles. The first kappa shape index (κ1) is 13.4. The third kappa shape index (κ3) is 4.01. The number of hydrogen-bond donors (Lipinski definition) is 2. The first-order valence-electron chi connectivity index (χ1n) is 4.97. The van der Waals surface area contributed by atoms with Gasteiger partial charge in [-0.3, -0.25) is 4.79 Å². The molecule has 1 aromatic rings. The molecule has 6 heteroatoms. The van der Waals surface area contributed by atoms with Gasteiger partial charge in [-0.15, -0.1) is 6.58 Å². The SMILES string of the molecule is C=CCCNC(=O)c1cccc(S(N)(=O)=O)c1. The van der Waals surface area contributed by atoms with Gasteiger partial charge in [0.2, 0.25) is 10.0 Å². The van der Waals surface area contributed by atoms with Gasteiger partial charge in [-0.05, 0) is 24.6 Å². The lowest BCUT2D eigenvalue weighted by Gasteiger charge is -2.04. The van der Waals surface area contributed by atoms with Crippen LogP contribution in [0.5, 0.6) is 0 Å². The maximum absolute atomic E-state index is 11.6. The van der Waals surface area contributed by atoms with Gasteiger partial charge in [0.05, 0.1) is 4.90 Å². The summed E-state index contributed by atoms with van der Waals surface area (Å²) < 4.78 is 22.2. The average Bonchev–Trinajstić information content (AvgIpc) is 2.28. The molecule has 17 heavy (non-hydrogen) atoms. The fourth-order valence-corrected chi connectivity index (χ4v) is 1.76. The second kappa shape index (κ2) is 5.60. The van der Waals surface area contributed by atoms with Crippen LogP contribution in [-0.4, -0.2) is 20.9 Å². The molecule has 0 aliphatic rings. The smallest absolute Gasteiger partial charge is 0.251 e. The molecule has 0 aliphatic carbocycles. The molecule has 92 valence electrons. The molecule has 0 aromatic heterocycles. The van der Waals surface area contributed by atoms with Crippen molar-refractivity contribution in [1.82, 2.24) is 5.32 Å². The predicted octanol–water partition coefficient (Wildman–Crippen LogP) is 0.640. The number of primary sulfonamides is 1. The van der Waals surface area contributed by atoms with Crippen molar-refractivity contribution < 1.29 is 13.2 Å². The Bertz CT molecular complexity index is 523. The van der Waals surface area contributed by atoms with Crippen molar-refractivity contribution in [3.05, 3.63) is 42.5 Å². The lowest BCUT2D eigenvalue weighted by atomic mass is 10.2. The molecule has 0 fully saturated rings. The molecule has 0 spiro atoms. The van der Waals surface area contributed by atoms with Crippen LogP contribution in [0.15, 0.2) is 41.8 Å². The lowest BCUT2D eigenvalue weighted by Crippen LogP contribution is -2.24. The van der Waals surface area contributed by atoms with E-state index >= 15 is 0 Å². The average molecular weight is 254 g/mol. The molecule has 0 unspecified atom stereocenters. The quantitative estimate of drug-likeness (QED) is 0.597. The van der Waals surface area contributed by atoms with E-state index in [2.05, 4.69) is 11.9 Å². The van der Waals surface area contributed by atoms with Gasteiger partial charge in [0.25, 0.3) is 5.91 Å². The van der Waals surface area contributed by atoms with E-state index in [-0.39, 0.29) is 16.4 Å². The van der Waals surface area contributed by atoms with Crippen LogP contribution in [-0.2, 0) is 10.0 Å². The normalized spacial score (nSPS) is 10.9. The van der Waals surface area contributed by atoms with E-state index in [4.69, 9.17) is 5.14 Å². The molecule has 0 saturated heterocycles. The van der Waals surface area contributed by atoms with Crippen LogP contribution in [0.4, 0.5) is 0 Å². The van der Waals surface area contributed by atoms with Gasteiger partial charge in [0, 0.05) is 12.1 Å². The Kier molecular flexibility index (Phi) is 4.42. The minimum Gasteiger partial charge on any atom is -0.352 e. The van der Waals surface area contributed by atoms with E-state index in [1.54, 1.807) is 6.08 Å². The molecule has 5 nitrogen and oxygen atoms in total. The van der Waals surface area contributed by atoms with Crippen molar-refractivity contribution in [2.75, 3.05) is 6.54 Å². The Balaban J connectivity index is 2.85. The van der Waals surface area contributed by atoms with Crippen molar-refractivity contribution in [3.63, 3.8) is 0 Å². The number of amides is 1. The highest BCUT2D eigenvalue weighted by Crippen LogP contribution is 2.09. The van der Waals surface area contributed by atoms with E-state index < -0.39 is 10.0 Å². The minimum absolute atomic E-state index is 0.0751. The molecular formula is C11H14N2O3S. The Hall–Kier alpha value is -1.66. The predicted molar refractivity (Wildman–Crippen MR) is 65.0 cm³/mol. The second-order valence-electron chi connectivity index (χ2n) is 3.41. The zero-order valence-electron chi connectivity index (χ0n) is 9.22. The Morgan fingerprint density at radius 3 is 2.76 bits per heavy atom. The molecule has 0 atom stereocenters. The number of carbonyl (C=O) groups is 1. The summed E-state index contributed by atoms with van der Waals surface area (Å²) in [6.45, 7) is 3.99. The molecule has 0 saturated carbocycles. The molecule has 0 radical (unpaired) electrons. The van der Waals surface area contributed by atoms with Gasteiger partial charge in [-0.2, -0.15) is 0 Å². The summed E-state index contributed by atoms with van der Waals surface area (Å²) in [5.74, 6) is -0.336. The number of hydrogen-bond acceptors (Lipinski definition) is 3. The third-order valence-electron chi connectivity index (χ3n) is 2.06. The first-order chi connectivity index (χ1) is 7.95. The monoisotopic (exact) mass is 254 g/mol. The first-order valence-corrected chi connectivity index (χ1v) is 6.52. The fourth-order valence-electron chi connectivity index (χ4n) is 1.20. The van der Waals surface area contributed by atoms with Crippen molar-refractivity contribution in [1.29, 1.82) is 0 Å². The second-order valence-corrected chi connectivity index (χ2v) is 4.97. The maximum Gasteiger partial charge on any atom is 0.251 e. The summed E-state index contributed by atoms with van der Waals surface area (Å²) in [5.41, 5.74) is 0.264. The van der Waals surface area contributed by atoms with Crippen LogP contribution in [0.3, 0.4) is 0 Å². The maximum atomic E-state index is 11.6. The Morgan fingerprint density at radius 2 is 2.18 bits per heavy atom. The van der Waals surface area contributed by atoms with Crippen molar-refractivity contribution >= 4 is 15.9 Å². The molecule has 3 N–H and O–H groups in total. The fraction of sp³-hybridized carbons (Fsp3) is 0.182. The highest BCUT2D eigenvalue weighted by atomic mass is 32.2. The summed E-state index contributed by atoms with van der Waals surface area (Å²) in [5, 5.41) is 7.61. The van der Waals surface area contributed by atoms with Crippen molar-refractivity contribution in [2.45, 2.75) is 11.3 Å². The van der Waals surface area contributed by atoms with E-state index in [1.165, 1.54) is 24.3 Å². The molecule has 0 heterocycles. The van der Waals surface area contributed by atoms with Gasteiger partial charge in [0.1, 0.15) is 0 Å². The van der Waals surface area contributed by atoms with Crippen molar-refractivity contribution in [2.24, 2.45) is 5.14 Å². The molecule has 0 aliphatic heterocycles. The highest BCUT2D eigenvalue weighted by Gasteiger charge is 2.11. The van der Waals surface area contributed by atoms with Gasteiger partial charge in [-0.25, -0.2) is 13.6 Å². The lowest BCUT2D eigenvalue weighted by molar-refractivity contribution is 0.0954. The summed E-state index contributed by atoms with van der Waals surface area (Å²) in [7, 11) is -3.78. The number of rotatable bonds is 5. The zero-order chi connectivity index (χ0) is 12.9. The molecule has 0 bridgehead atoms. The van der Waals surface area contributed by atoms with Gasteiger partial charge in [0.15, 0.2) is 0 Å². The zero-order valence-corrected chi connectivity index (χ0v) is 10.0. The Morgan fingerprint density at radius 1 is 1.47 bits per heavy atom. The van der Waals surface area contributed by atoms with Crippen LogP contribution in [0.25, 0.3) is 0 Å². The van der Waals surface area contributed by atoms with Crippen LogP contribution in [0, 0.1) is 0 Å². The largest absolute Gasteiger partial charge is 0.352 e. The van der Waals surface area contributed by atoms with Crippen LogP contribution in [0.2, 0.25) is 0 Å². The summed E-state index contributed by atoms with van der Waals surface area (Å²) in [6.07, 6.45) is 2.33. The molecular weight excluding hydrogens is 240 g/mol. The van der Waals surface area contributed by atoms with Crippen LogP contribution in [0.1, 0.15) is 16.8 Å². The summed E-state index contributed by atoms with van der Waals surface area (Å²) in [4.78, 5) is 11.5. The highest BCUT2D eigenvalue weighted by molar-refractivity contribution is 7.89. The summed E-state index contributed by atoms with van der Waals surface area (Å²) >= 11 is 0. The van der Waals surface area contributed by atoms with E-state index in [9.17, 15) is 13.2 Å². The Labute approximate surface area is 100 Å². The van der Waals surface area contributed by atoms with Gasteiger partial charge >= 0.3 is 0 Å². The third-order valence-corrected chi connectivity index (χ3v) is 2.97. The number of nitrogens with two attached hydrogens (primary N) is 1. The van der Waals surface area contributed by atoms with E-state index in [0.717, 1.165) is 0 Å². The van der Waals surface area contributed by atoms with Crippen LogP contribution < -0.4 is 10.5 Å². The number of nitrogens with one attached hydrogen (secondary N) is 1.